The molecule has 2 aliphatic heterocycles. The number of rotatable bonds is 2. The fourth-order valence-electron chi connectivity index (χ4n) is 4.42. The summed E-state index contributed by atoms with van der Waals surface area (Å²) in [6.07, 6.45) is 4.52. The first-order valence-electron chi connectivity index (χ1n) is 8.99. The molecule has 132 valence electrons. The molecular formula is C19H23N3O3. The van der Waals surface area contributed by atoms with Crippen molar-refractivity contribution < 1.29 is 14.4 Å². The number of carbonyl (C=O) groups is 3. The van der Waals surface area contributed by atoms with Gasteiger partial charge < -0.3 is 14.7 Å². The summed E-state index contributed by atoms with van der Waals surface area (Å²) in [6.45, 7) is 0.726. The highest BCUT2D eigenvalue weighted by Gasteiger charge is 2.39. The average molecular weight is 341 g/mol. The Hall–Kier alpha value is -2.37. The van der Waals surface area contributed by atoms with Gasteiger partial charge in [-0.2, -0.15) is 0 Å². The standard InChI is InChI=1S/C19H23N3O3/c1-20-16-8-3-2-7-15(16)19(25)21(11-17(20)23)12-18(24)22-10-13-5-4-6-14(22)9-13/h2-3,7-8,13-14H,4-6,9-12H2,1H3/t13-,14+/m1/s1. The number of hydrogen-bond acceptors (Lipinski definition) is 3. The van der Waals surface area contributed by atoms with Crippen LogP contribution in [0.1, 0.15) is 36.0 Å². The maximum Gasteiger partial charge on any atom is 0.256 e. The van der Waals surface area contributed by atoms with E-state index in [0.29, 0.717) is 23.2 Å². The largest absolute Gasteiger partial charge is 0.338 e. The number of amides is 3. The smallest absolute Gasteiger partial charge is 0.256 e. The Morgan fingerprint density at radius 3 is 2.80 bits per heavy atom. The van der Waals surface area contributed by atoms with Crippen LogP contribution in [0.5, 0.6) is 0 Å². The summed E-state index contributed by atoms with van der Waals surface area (Å²) in [7, 11) is 1.67. The molecule has 0 aromatic heterocycles. The number of nitrogens with zero attached hydrogens (tertiary/aromatic N) is 3. The van der Waals surface area contributed by atoms with Crippen molar-refractivity contribution >= 4 is 23.4 Å². The lowest BCUT2D eigenvalue weighted by Crippen LogP contribution is -2.46. The van der Waals surface area contributed by atoms with E-state index in [1.165, 1.54) is 22.6 Å². The molecule has 25 heavy (non-hydrogen) atoms. The van der Waals surface area contributed by atoms with Crippen LogP contribution in [0, 0.1) is 5.92 Å². The van der Waals surface area contributed by atoms with Gasteiger partial charge in [0.05, 0.1) is 11.3 Å². The lowest BCUT2D eigenvalue weighted by Gasteiger charge is -2.27. The summed E-state index contributed by atoms with van der Waals surface area (Å²) in [5.74, 6) is 0.156. The summed E-state index contributed by atoms with van der Waals surface area (Å²) >= 11 is 0. The molecule has 4 rings (SSSR count). The Bertz CT molecular complexity index is 732. The fraction of sp³-hybridized carbons (Fsp3) is 0.526. The number of likely N-dealkylation sites (tertiary alicyclic amines) is 1. The predicted octanol–water partition coefficient (Wildman–Crippen LogP) is 1.51. The Balaban J connectivity index is 1.55. The highest BCUT2D eigenvalue weighted by atomic mass is 16.2. The number of para-hydroxylation sites is 1. The first-order chi connectivity index (χ1) is 12.0. The van der Waals surface area contributed by atoms with Crippen LogP contribution in [-0.4, -0.2) is 60.2 Å². The first kappa shape index (κ1) is 16.1. The average Bonchev–Trinajstić information content (AvgIpc) is 2.89. The summed E-state index contributed by atoms with van der Waals surface area (Å²) in [6, 6.07) is 7.39. The van der Waals surface area contributed by atoms with Gasteiger partial charge in [0.1, 0.15) is 13.1 Å². The number of carbonyl (C=O) groups excluding carboxylic acids is 3. The van der Waals surface area contributed by atoms with Crippen LogP contribution in [0.2, 0.25) is 0 Å². The van der Waals surface area contributed by atoms with Crippen molar-refractivity contribution in [3.8, 4) is 0 Å². The highest BCUT2D eigenvalue weighted by Crippen LogP contribution is 2.35. The van der Waals surface area contributed by atoms with Crippen LogP contribution in [-0.2, 0) is 9.59 Å². The fourth-order valence-corrected chi connectivity index (χ4v) is 4.42. The van der Waals surface area contributed by atoms with E-state index in [4.69, 9.17) is 0 Å². The molecule has 1 saturated carbocycles. The molecule has 2 heterocycles. The van der Waals surface area contributed by atoms with E-state index in [1.807, 2.05) is 4.90 Å². The molecule has 0 spiro atoms. The molecule has 2 atom stereocenters. The third kappa shape index (κ3) is 2.79. The number of fused-ring (bicyclic) bond motifs is 3. The van der Waals surface area contributed by atoms with Crippen molar-refractivity contribution in [1.29, 1.82) is 0 Å². The predicted molar refractivity (Wildman–Crippen MR) is 93.2 cm³/mol. The minimum absolute atomic E-state index is 0.0179. The van der Waals surface area contributed by atoms with Crippen LogP contribution in [0.15, 0.2) is 24.3 Å². The van der Waals surface area contributed by atoms with Gasteiger partial charge >= 0.3 is 0 Å². The monoisotopic (exact) mass is 341 g/mol. The van der Waals surface area contributed by atoms with E-state index in [2.05, 4.69) is 0 Å². The molecule has 1 aromatic carbocycles. The van der Waals surface area contributed by atoms with Crippen LogP contribution >= 0.6 is 0 Å². The Morgan fingerprint density at radius 2 is 2.00 bits per heavy atom. The number of likely N-dealkylation sites (N-methyl/N-ethyl adjacent to an activating group) is 1. The molecule has 3 aliphatic rings. The first-order valence-corrected chi connectivity index (χ1v) is 8.99. The van der Waals surface area contributed by atoms with E-state index < -0.39 is 0 Å². The molecule has 2 bridgehead atoms. The van der Waals surface area contributed by atoms with Crippen molar-refractivity contribution in [3.05, 3.63) is 29.8 Å². The summed E-state index contributed by atoms with van der Waals surface area (Å²) in [5, 5.41) is 0. The van der Waals surface area contributed by atoms with Gasteiger partial charge in [0.25, 0.3) is 5.91 Å². The minimum Gasteiger partial charge on any atom is -0.338 e. The Labute approximate surface area is 147 Å². The van der Waals surface area contributed by atoms with Gasteiger partial charge in [-0.3, -0.25) is 14.4 Å². The summed E-state index contributed by atoms with van der Waals surface area (Å²) < 4.78 is 0. The van der Waals surface area contributed by atoms with E-state index in [-0.39, 0.29) is 30.8 Å². The van der Waals surface area contributed by atoms with Crippen LogP contribution in [0.4, 0.5) is 5.69 Å². The van der Waals surface area contributed by atoms with Gasteiger partial charge in [-0.05, 0) is 37.3 Å². The van der Waals surface area contributed by atoms with E-state index in [9.17, 15) is 14.4 Å². The third-order valence-corrected chi connectivity index (χ3v) is 5.78. The molecule has 0 unspecified atom stereocenters. The van der Waals surface area contributed by atoms with Crippen LogP contribution in [0.3, 0.4) is 0 Å². The van der Waals surface area contributed by atoms with Gasteiger partial charge in [0.2, 0.25) is 11.8 Å². The van der Waals surface area contributed by atoms with Crippen molar-refractivity contribution in [2.24, 2.45) is 5.92 Å². The minimum atomic E-state index is -0.246. The maximum absolute atomic E-state index is 12.9. The zero-order valence-corrected chi connectivity index (χ0v) is 14.5. The van der Waals surface area contributed by atoms with Gasteiger partial charge in [0, 0.05) is 19.6 Å². The molecule has 6 heteroatoms. The van der Waals surface area contributed by atoms with E-state index in [0.717, 1.165) is 19.4 Å². The van der Waals surface area contributed by atoms with E-state index in [1.54, 1.807) is 31.3 Å². The van der Waals surface area contributed by atoms with Crippen LogP contribution < -0.4 is 4.90 Å². The highest BCUT2D eigenvalue weighted by molar-refractivity contribution is 6.10. The van der Waals surface area contributed by atoms with Crippen molar-refractivity contribution in [2.75, 3.05) is 31.6 Å². The lowest BCUT2D eigenvalue weighted by atomic mass is 9.90. The van der Waals surface area contributed by atoms with Crippen molar-refractivity contribution in [1.82, 2.24) is 9.80 Å². The van der Waals surface area contributed by atoms with E-state index >= 15 is 0 Å². The molecule has 1 saturated heterocycles. The molecule has 6 nitrogen and oxygen atoms in total. The Morgan fingerprint density at radius 1 is 1.20 bits per heavy atom. The lowest BCUT2D eigenvalue weighted by molar-refractivity contribution is -0.133. The second kappa shape index (κ2) is 6.17. The number of hydrogen-bond donors (Lipinski definition) is 0. The molecule has 0 radical (unpaired) electrons. The zero-order chi connectivity index (χ0) is 17.6. The van der Waals surface area contributed by atoms with Gasteiger partial charge in [0.15, 0.2) is 0 Å². The molecule has 1 aliphatic carbocycles. The molecule has 2 fully saturated rings. The number of benzene rings is 1. The number of anilines is 1. The molecule has 1 aromatic rings. The third-order valence-electron chi connectivity index (χ3n) is 5.78. The summed E-state index contributed by atoms with van der Waals surface area (Å²) in [5.41, 5.74) is 1.08. The van der Waals surface area contributed by atoms with Crippen LogP contribution in [0.25, 0.3) is 0 Å². The van der Waals surface area contributed by atoms with Gasteiger partial charge in [-0.25, -0.2) is 0 Å². The Kier molecular flexibility index (Phi) is 3.98. The van der Waals surface area contributed by atoms with Crippen molar-refractivity contribution in [2.45, 2.75) is 31.7 Å². The topological polar surface area (TPSA) is 60.9 Å². The van der Waals surface area contributed by atoms with Gasteiger partial charge in [-0.1, -0.05) is 18.6 Å². The zero-order valence-electron chi connectivity index (χ0n) is 14.5. The SMILES string of the molecule is CN1C(=O)CN(CC(=O)N2C[C@@H]3CCC[C@H]2C3)C(=O)c2ccccc21. The second-order valence-corrected chi connectivity index (χ2v) is 7.36. The second-order valence-electron chi connectivity index (χ2n) is 7.36. The summed E-state index contributed by atoms with van der Waals surface area (Å²) in [4.78, 5) is 43.0. The van der Waals surface area contributed by atoms with Gasteiger partial charge in [-0.15, -0.1) is 0 Å². The van der Waals surface area contributed by atoms with Crippen molar-refractivity contribution in [3.63, 3.8) is 0 Å². The molecule has 0 N–H and O–H groups in total. The quantitative estimate of drug-likeness (QED) is 0.819. The molecular weight excluding hydrogens is 318 g/mol. The molecule has 3 amide bonds. The maximum atomic E-state index is 12.9. The normalized spacial score (nSPS) is 25.9.